The van der Waals surface area contributed by atoms with Crippen LogP contribution < -0.4 is 0 Å². The Kier molecular flexibility index (Phi) is 4.06. The Morgan fingerprint density at radius 3 is 2.83 bits per heavy atom. The normalized spacial score (nSPS) is 16.9. The van der Waals surface area contributed by atoms with Gasteiger partial charge < -0.3 is 0 Å². The number of pyridine rings is 1. The third kappa shape index (κ3) is 3.12. The van der Waals surface area contributed by atoms with Gasteiger partial charge in [0.1, 0.15) is 10.5 Å². The standard InChI is InChI=1S/C18H20N4S/c1-13-10-15(16-4-2-3-5-17(16)20-13)11-22-8-6-14(7-9-22)18-21-19-12-23-18/h2-5,10,12,14H,6-9,11H2,1H3. The van der Waals surface area contributed by atoms with Crippen molar-refractivity contribution in [3.8, 4) is 0 Å². The van der Waals surface area contributed by atoms with Crippen LogP contribution in [0, 0.1) is 6.92 Å². The molecule has 0 saturated carbocycles. The van der Waals surface area contributed by atoms with Crippen molar-refractivity contribution in [2.75, 3.05) is 13.1 Å². The number of piperidine rings is 1. The van der Waals surface area contributed by atoms with E-state index in [1.165, 1.54) is 28.8 Å². The van der Waals surface area contributed by atoms with Gasteiger partial charge in [0.25, 0.3) is 0 Å². The van der Waals surface area contributed by atoms with Crippen molar-refractivity contribution in [1.29, 1.82) is 0 Å². The van der Waals surface area contributed by atoms with E-state index in [9.17, 15) is 0 Å². The molecule has 3 aromatic rings. The summed E-state index contributed by atoms with van der Waals surface area (Å²) in [6.45, 7) is 5.34. The van der Waals surface area contributed by atoms with Crippen LogP contribution in [0.3, 0.4) is 0 Å². The van der Waals surface area contributed by atoms with Gasteiger partial charge in [0.15, 0.2) is 0 Å². The fraction of sp³-hybridized carbons (Fsp3) is 0.389. The molecule has 118 valence electrons. The highest BCUT2D eigenvalue weighted by atomic mass is 32.1. The first kappa shape index (κ1) is 14.7. The largest absolute Gasteiger partial charge is 0.299 e. The lowest BCUT2D eigenvalue weighted by molar-refractivity contribution is 0.205. The van der Waals surface area contributed by atoms with E-state index >= 15 is 0 Å². The van der Waals surface area contributed by atoms with Crippen LogP contribution in [0.2, 0.25) is 0 Å². The smallest absolute Gasteiger partial charge is 0.120 e. The molecule has 0 amide bonds. The summed E-state index contributed by atoms with van der Waals surface area (Å²) >= 11 is 1.69. The van der Waals surface area contributed by atoms with Crippen molar-refractivity contribution >= 4 is 22.2 Å². The van der Waals surface area contributed by atoms with Crippen LogP contribution in [0.1, 0.15) is 35.0 Å². The van der Waals surface area contributed by atoms with Crippen molar-refractivity contribution in [2.45, 2.75) is 32.2 Å². The molecular weight excluding hydrogens is 304 g/mol. The monoisotopic (exact) mass is 324 g/mol. The number of likely N-dealkylation sites (tertiary alicyclic amines) is 1. The molecule has 0 atom stereocenters. The van der Waals surface area contributed by atoms with E-state index in [0.717, 1.165) is 30.8 Å². The second-order valence-corrected chi connectivity index (χ2v) is 7.13. The minimum absolute atomic E-state index is 0.592. The molecule has 0 radical (unpaired) electrons. The number of hydrogen-bond donors (Lipinski definition) is 0. The predicted octanol–water partition coefficient (Wildman–Crippen LogP) is 3.77. The number of nitrogens with zero attached hydrogens (tertiary/aromatic N) is 4. The van der Waals surface area contributed by atoms with Gasteiger partial charge in [-0.3, -0.25) is 9.88 Å². The second-order valence-electron chi connectivity index (χ2n) is 6.27. The number of rotatable bonds is 3. The maximum absolute atomic E-state index is 4.64. The van der Waals surface area contributed by atoms with Crippen LogP contribution in [-0.4, -0.2) is 33.2 Å². The molecule has 0 spiro atoms. The van der Waals surface area contributed by atoms with Gasteiger partial charge in [0, 0.05) is 23.5 Å². The van der Waals surface area contributed by atoms with Gasteiger partial charge in [-0.1, -0.05) is 18.2 Å². The van der Waals surface area contributed by atoms with E-state index in [1.54, 1.807) is 11.3 Å². The van der Waals surface area contributed by atoms with Crippen molar-refractivity contribution in [3.63, 3.8) is 0 Å². The number of aromatic nitrogens is 3. The zero-order chi connectivity index (χ0) is 15.6. The third-order valence-electron chi connectivity index (χ3n) is 4.64. The highest BCUT2D eigenvalue weighted by Gasteiger charge is 2.23. The van der Waals surface area contributed by atoms with Crippen LogP contribution >= 0.6 is 11.3 Å². The molecule has 1 aliphatic rings. The van der Waals surface area contributed by atoms with E-state index in [1.807, 2.05) is 5.51 Å². The van der Waals surface area contributed by atoms with Gasteiger partial charge >= 0.3 is 0 Å². The topological polar surface area (TPSA) is 41.9 Å². The maximum atomic E-state index is 4.64. The van der Waals surface area contributed by atoms with Gasteiger partial charge in [0.05, 0.1) is 5.52 Å². The summed E-state index contributed by atoms with van der Waals surface area (Å²) < 4.78 is 0. The van der Waals surface area contributed by atoms with Gasteiger partial charge in [-0.05, 0) is 50.6 Å². The first-order valence-electron chi connectivity index (χ1n) is 8.13. The molecule has 4 rings (SSSR count). The number of aryl methyl sites for hydroxylation is 1. The highest BCUT2D eigenvalue weighted by molar-refractivity contribution is 7.09. The van der Waals surface area contributed by atoms with Crippen molar-refractivity contribution in [3.05, 3.63) is 52.1 Å². The van der Waals surface area contributed by atoms with E-state index in [4.69, 9.17) is 0 Å². The summed E-state index contributed by atoms with van der Waals surface area (Å²) in [5.41, 5.74) is 5.43. The zero-order valence-corrected chi connectivity index (χ0v) is 14.1. The Labute approximate surface area is 140 Å². The molecule has 1 saturated heterocycles. The zero-order valence-electron chi connectivity index (χ0n) is 13.3. The van der Waals surface area contributed by atoms with Crippen LogP contribution in [0.5, 0.6) is 0 Å². The van der Waals surface area contributed by atoms with Crippen LogP contribution in [0.15, 0.2) is 35.8 Å². The molecule has 1 fully saturated rings. The SMILES string of the molecule is Cc1cc(CN2CCC(c3nncs3)CC2)c2ccccc2n1. The van der Waals surface area contributed by atoms with E-state index in [0.29, 0.717) is 5.92 Å². The molecule has 1 aromatic carbocycles. The Morgan fingerprint density at radius 1 is 1.22 bits per heavy atom. The molecule has 3 heterocycles. The van der Waals surface area contributed by atoms with E-state index in [2.05, 4.69) is 57.3 Å². The molecule has 0 unspecified atom stereocenters. The number of fused-ring (bicyclic) bond motifs is 1. The average Bonchev–Trinajstić information content (AvgIpc) is 3.10. The fourth-order valence-electron chi connectivity index (χ4n) is 3.46. The van der Waals surface area contributed by atoms with Crippen molar-refractivity contribution in [1.82, 2.24) is 20.1 Å². The number of hydrogen-bond acceptors (Lipinski definition) is 5. The summed E-state index contributed by atoms with van der Waals surface area (Å²) in [5.74, 6) is 0.592. The van der Waals surface area contributed by atoms with Crippen LogP contribution in [0.4, 0.5) is 0 Å². The van der Waals surface area contributed by atoms with Crippen LogP contribution in [-0.2, 0) is 6.54 Å². The predicted molar refractivity (Wildman–Crippen MR) is 93.6 cm³/mol. The molecule has 0 N–H and O–H groups in total. The summed E-state index contributed by atoms with van der Waals surface area (Å²) in [7, 11) is 0. The summed E-state index contributed by atoms with van der Waals surface area (Å²) in [5, 5.41) is 10.7. The Bertz CT molecular complexity index is 792. The third-order valence-corrected chi connectivity index (χ3v) is 5.49. The number of para-hydroxylation sites is 1. The summed E-state index contributed by atoms with van der Waals surface area (Å²) in [6, 6.07) is 10.7. The Hall–Kier alpha value is -1.85. The van der Waals surface area contributed by atoms with Crippen LogP contribution in [0.25, 0.3) is 10.9 Å². The lowest BCUT2D eigenvalue weighted by Crippen LogP contribution is -2.32. The minimum atomic E-state index is 0.592. The first-order valence-corrected chi connectivity index (χ1v) is 9.01. The molecule has 0 aliphatic carbocycles. The Balaban J connectivity index is 1.49. The van der Waals surface area contributed by atoms with Gasteiger partial charge in [0.2, 0.25) is 0 Å². The molecule has 2 aromatic heterocycles. The Morgan fingerprint density at radius 2 is 2.04 bits per heavy atom. The molecule has 1 aliphatic heterocycles. The summed E-state index contributed by atoms with van der Waals surface area (Å²) in [4.78, 5) is 7.20. The fourth-order valence-corrected chi connectivity index (χ4v) is 4.19. The van der Waals surface area contributed by atoms with Crippen molar-refractivity contribution < 1.29 is 0 Å². The van der Waals surface area contributed by atoms with Gasteiger partial charge in [-0.25, -0.2) is 0 Å². The molecule has 4 nitrogen and oxygen atoms in total. The molecule has 0 bridgehead atoms. The quantitative estimate of drug-likeness (QED) is 0.735. The van der Waals surface area contributed by atoms with E-state index < -0.39 is 0 Å². The average molecular weight is 324 g/mol. The molecular formula is C18H20N4S. The second kappa shape index (κ2) is 6.34. The molecule has 5 heteroatoms. The highest BCUT2D eigenvalue weighted by Crippen LogP contribution is 2.30. The van der Waals surface area contributed by atoms with Gasteiger partial charge in [-0.15, -0.1) is 21.5 Å². The van der Waals surface area contributed by atoms with E-state index in [-0.39, 0.29) is 0 Å². The summed E-state index contributed by atoms with van der Waals surface area (Å²) in [6.07, 6.45) is 2.36. The lowest BCUT2D eigenvalue weighted by Gasteiger charge is -2.31. The van der Waals surface area contributed by atoms with Crippen molar-refractivity contribution in [2.24, 2.45) is 0 Å². The first-order chi connectivity index (χ1) is 11.3. The number of benzene rings is 1. The molecule has 23 heavy (non-hydrogen) atoms. The van der Waals surface area contributed by atoms with Gasteiger partial charge in [-0.2, -0.15) is 0 Å². The minimum Gasteiger partial charge on any atom is -0.299 e. The lowest BCUT2D eigenvalue weighted by atomic mass is 9.97. The maximum Gasteiger partial charge on any atom is 0.120 e.